The normalized spacial score (nSPS) is 19.1. The molecule has 0 radical (unpaired) electrons. The fourth-order valence-corrected chi connectivity index (χ4v) is 3.72. The average Bonchev–Trinajstić information content (AvgIpc) is 2.68. The van der Waals surface area contributed by atoms with Crippen LogP contribution in [0.25, 0.3) is 0 Å². The summed E-state index contributed by atoms with van der Waals surface area (Å²) in [5.74, 6) is 0. The van der Waals surface area contributed by atoms with E-state index in [0.717, 1.165) is 51.6 Å². The molecule has 1 fully saturated rings. The second-order valence-corrected chi connectivity index (χ2v) is 8.18. The van der Waals surface area contributed by atoms with Crippen LogP contribution in [0.2, 0.25) is 0 Å². The van der Waals surface area contributed by atoms with Gasteiger partial charge in [0.15, 0.2) is 0 Å². The molecule has 0 unspecified atom stereocenters. The molecule has 0 spiro atoms. The van der Waals surface area contributed by atoms with Crippen molar-refractivity contribution in [2.45, 2.75) is 116 Å². The molecule has 0 aromatic heterocycles. The molecule has 1 saturated carbocycles. The van der Waals surface area contributed by atoms with Gasteiger partial charge in [0.25, 0.3) is 0 Å². The Morgan fingerprint density at radius 1 is 0.607 bits per heavy atom. The lowest BCUT2D eigenvalue weighted by Crippen LogP contribution is -2.48. The van der Waals surface area contributed by atoms with Gasteiger partial charge in [-0.1, -0.05) is 65.2 Å². The first kappa shape index (κ1) is 24.6. The van der Waals surface area contributed by atoms with Gasteiger partial charge in [-0.25, -0.2) is 9.59 Å². The van der Waals surface area contributed by atoms with Crippen molar-refractivity contribution in [2.75, 3.05) is 13.1 Å². The van der Waals surface area contributed by atoms with Crippen LogP contribution in [0.4, 0.5) is 9.59 Å². The zero-order chi connectivity index (χ0) is 20.5. The predicted molar refractivity (Wildman–Crippen MR) is 117 cm³/mol. The van der Waals surface area contributed by atoms with Gasteiger partial charge in [-0.3, -0.25) is 0 Å². The van der Waals surface area contributed by atoms with E-state index in [1.807, 2.05) is 0 Å². The lowest BCUT2D eigenvalue weighted by molar-refractivity contribution is 0.221. The fraction of sp³-hybridized carbons (Fsp3) is 0.909. The highest BCUT2D eigenvalue weighted by atomic mass is 16.2. The second-order valence-electron chi connectivity index (χ2n) is 8.18. The van der Waals surface area contributed by atoms with E-state index in [9.17, 15) is 9.59 Å². The van der Waals surface area contributed by atoms with Crippen LogP contribution in [-0.2, 0) is 0 Å². The lowest BCUT2D eigenvalue weighted by Gasteiger charge is -2.29. The minimum atomic E-state index is -0.0513. The minimum Gasteiger partial charge on any atom is -0.338 e. The molecule has 0 bridgehead atoms. The van der Waals surface area contributed by atoms with Crippen LogP contribution in [0.5, 0.6) is 0 Å². The van der Waals surface area contributed by atoms with Crippen LogP contribution in [0.1, 0.15) is 104 Å². The molecule has 6 heteroatoms. The van der Waals surface area contributed by atoms with Crippen LogP contribution in [0, 0.1) is 0 Å². The van der Waals surface area contributed by atoms with Crippen LogP contribution in [0.15, 0.2) is 0 Å². The van der Waals surface area contributed by atoms with E-state index in [1.165, 1.54) is 51.4 Å². The number of amides is 4. The highest BCUT2D eigenvalue weighted by molar-refractivity contribution is 5.74. The molecule has 1 aliphatic rings. The Morgan fingerprint density at radius 2 is 0.964 bits per heavy atom. The molecule has 0 atom stereocenters. The van der Waals surface area contributed by atoms with Crippen molar-refractivity contribution in [1.29, 1.82) is 0 Å². The number of urea groups is 2. The summed E-state index contributed by atoms with van der Waals surface area (Å²) in [6, 6.07) is 0.346. The summed E-state index contributed by atoms with van der Waals surface area (Å²) in [7, 11) is 0. The van der Waals surface area contributed by atoms with Gasteiger partial charge >= 0.3 is 12.1 Å². The largest absolute Gasteiger partial charge is 0.338 e. The van der Waals surface area contributed by atoms with Crippen LogP contribution < -0.4 is 21.3 Å². The summed E-state index contributed by atoms with van der Waals surface area (Å²) in [6.45, 7) is 5.92. The van der Waals surface area contributed by atoms with E-state index < -0.39 is 0 Å². The highest BCUT2D eigenvalue weighted by Crippen LogP contribution is 2.18. The fourth-order valence-electron chi connectivity index (χ4n) is 3.72. The zero-order valence-corrected chi connectivity index (χ0v) is 18.3. The van der Waals surface area contributed by atoms with Crippen LogP contribution >= 0.6 is 0 Å². The van der Waals surface area contributed by atoms with E-state index in [4.69, 9.17) is 0 Å². The highest BCUT2D eigenvalue weighted by Gasteiger charge is 2.23. The third-order valence-corrected chi connectivity index (χ3v) is 5.53. The van der Waals surface area contributed by atoms with E-state index in [1.54, 1.807) is 0 Å². The SMILES string of the molecule is CCCCCCCCNC(=O)NC1CCC(NC(=O)NCCCCCC)CC1. The van der Waals surface area contributed by atoms with Crippen LogP contribution in [-0.4, -0.2) is 37.2 Å². The average molecular weight is 397 g/mol. The lowest BCUT2D eigenvalue weighted by atomic mass is 9.91. The molecule has 4 amide bonds. The molecule has 0 aliphatic heterocycles. The molecule has 4 N–H and O–H groups in total. The van der Waals surface area contributed by atoms with Crippen molar-refractivity contribution in [3.8, 4) is 0 Å². The maximum absolute atomic E-state index is 12.0. The minimum absolute atomic E-state index is 0.0465. The molecule has 164 valence electrons. The van der Waals surface area contributed by atoms with Crippen molar-refractivity contribution in [1.82, 2.24) is 21.3 Å². The second kappa shape index (κ2) is 16.5. The van der Waals surface area contributed by atoms with Gasteiger partial charge in [-0.05, 0) is 38.5 Å². The van der Waals surface area contributed by atoms with Gasteiger partial charge in [0.1, 0.15) is 0 Å². The Labute approximate surface area is 172 Å². The predicted octanol–water partition coefficient (Wildman–Crippen LogP) is 4.84. The topological polar surface area (TPSA) is 82.3 Å². The van der Waals surface area contributed by atoms with Gasteiger partial charge in [0.05, 0.1) is 0 Å². The summed E-state index contributed by atoms with van der Waals surface area (Å²) in [4.78, 5) is 23.9. The number of nitrogens with one attached hydrogen (secondary N) is 4. The quantitative estimate of drug-likeness (QED) is 0.317. The molecular weight excluding hydrogens is 352 g/mol. The maximum atomic E-state index is 12.0. The van der Waals surface area contributed by atoms with Gasteiger partial charge in [-0.15, -0.1) is 0 Å². The number of hydrogen-bond acceptors (Lipinski definition) is 2. The summed E-state index contributed by atoms with van der Waals surface area (Å²) >= 11 is 0. The van der Waals surface area contributed by atoms with E-state index in [2.05, 4.69) is 35.1 Å². The molecule has 1 rings (SSSR count). The van der Waals surface area contributed by atoms with Crippen molar-refractivity contribution < 1.29 is 9.59 Å². The molecule has 0 heterocycles. The summed E-state index contributed by atoms with van der Waals surface area (Å²) < 4.78 is 0. The Balaban J connectivity index is 2.01. The Hall–Kier alpha value is -1.46. The Morgan fingerprint density at radius 3 is 1.39 bits per heavy atom. The van der Waals surface area contributed by atoms with Gasteiger partial charge in [0.2, 0.25) is 0 Å². The first-order valence-corrected chi connectivity index (χ1v) is 11.7. The number of hydrogen-bond donors (Lipinski definition) is 4. The number of unbranched alkanes of at least 4 members (excludes halogenated alkanes) is 8. The molecular formula is C22H44N4O2. The van der Waals surface area contributed by atoms with E-state index in [0.29, 0.717) is 0 Å². The third-order valence-electron chi connectivity index (χ3n) is 5.53. The molecule has 6 nitrogen and oxygen atoms in total. The summed E-state index contributed by atoms with van der Waals surface area (Å²) in [5.41, 5.74) is 0. The standard InChI is InChI=1S/C22H44N4O2/c1-3-5-7-9-10-12-18-24-22(28)26-20-15-13-19(14-16-20)25-21(27)23-17-11-8-6-4-2/h19-20H,3-18H2,1-2H3,(H2,23,25,27)(H2,24,26,28). The van der Waals surface area contributed by atoms with Crippen LogP contribution in [0.3, 0.4) is 0 Å². The molecule has 0 aromatic carbocycles. The first-order chi connectivity index (χ1) is 13.7. The third kappa shape index (κ3) is 12.8. The molecule has 0 aromatic rings. The summed E-state index contributed by atoms with van der Waals surface area (Å²) in [5, 5.41) is 12.1. The Kier molecular flexibility index (Phi) is 14.5. The zero-order valence-electron chi connectivity index (χ0n) is 18.3. The smallest absolute Gasteiger partial charge is 0.315 e. The molecule has 0 saturated heterocycles. The number of rotatable bonds is 14. The van der Waals surface area contributed by atoms with Gasteiger partial charge < -0.3 is 21.3 Å². The van der Waals surface area contributed by atoms with Crippen molar-refractivity contribution in [3.05, 3.63) is 0 Å². The number of carbonyl (C=O) groups is 2. The maximum Gasteiger partial charge on any atom is 0.315 e. The van der Waals surface area contributed by atoms with Gasteiger partial charge in [-0.2, -0.15) is 0 Å². The number of carbonyl (C=O) groups excluding carboxylic acids is 2. The van der Waals surface area contributed by atoms with E-state index >= 15 is 0 Å². The summed E-state index contributed by atoms with van der Waals surface area (Å²) in [6.07, 6.45) is 15.7. The molecule has 1 aliphatic carbocycles. The monoisotopic (exact) mass is 396 g/mol. The van der Waals surface area contributed by atoms with Crippen molar-refractivity contribution in [2.24, 2.45) is 0 Å². The van der Waals surface area contributed by atoms with Gasteiger partial charge in [0, 0.05) is 25.2 Å². The Bertz CT molecular complexity index is 409. The molecule has 28 heavy (non-hydrogen) atoms. The van der Waals surface area contributed by atoms with E-state index in [-0.39, 0.29) is 24.1 Å². The van der Waals surface area contributed by atoms with Crippen molar-refractivity contribution in [3.63, 3.8) is 0 Å². The van der Waals surface area contributed by atoms with Crippen molar-refractivity contribution >= 4 is 12.1 Å². The first-order valence-electron chi connectivity index (χ1n) is 11.7.